The van der Waals surface area contributed by atoms with Crippen LogP contribution in [0.4, 0.5) is 0 Å². The maximum atomic E-state index is 12.9. The fraction of sp³-hybridized carbons (Fsp3) is 0.318. The maximum absolute atomic E-state index is 12.9. The van der Waals surface area contributed by atoms with Crippen molar-refractivity contribution in [2.24, 2.45) is 0 Å². The molecule has 1 aliphatic carbocycles. The Morgan fingerprint density at radius 2 is 1.90 bits per heavy atom. The zero-order chi connectivity index (χ0) is 21.3. The zero-order valence-electron chi connectivity index (χ0n) is 16.5. The summed E-state index contributed by atoms with van der Waals surface area (Å²) in [4.78, 5) is 38.5. The summed E-state index contributed by atoms with van der Waals surface area (Å²) in [5.41, 5.74) is 1.86. The third-order valence-electron chi connectivity index (χ3n) is 4.66. The topological polar surface area (TPSA) is 86.7 Å². The number of nitrogens with one attached hydrogen (secondary N) is 1. The number of amides is 2. The molecule has 2 amide bonds. The van der Waals surface area contributed by atoms with Gasteiger partial charge in [0.15, 0.2) is 0 Å². The number of carboxylic acid groups (broad SMARTS) is 1. The number of rotatable bonds is 5. The lowest BCUT2D eigenvalue weighted by atomic mass is 9.95. The SMILES string of the molecule is CC(C)(C)NC(=O)C1=CCC2=CN([C@H](Cc3ccc(Cl)cc3)C(=O)O)C(=O)C2=C1. The molecule has 1 aliphatic heterocycles. The molecular weight excluding hydrogens is 392 g/mol. The average Bonchev–Trinajstić information content (AvgIpc) is 2.95. The number of carbonyl (C=O) groups excluding carboxylic acids is 2. The molecule has 0 aromatic heterocycles. The van der Waals surface area contributed by atoms with Crippen LogP contribution in [-0.4, -0.2) is 39.4 Å². The first-order chi connectivity index (χ1) is 13.5. The molecule has 0 fully saturated rings. The van der Waals surface area contributed by atoms with Crippen LogP contribution in [0, 0.1) is 0 Å². The van der Waals surface area contributed by atoms with Gasteiger partial charge in [0.25, 0.3) is 11.8 Å². The Bertz CT molecular complexity index is 952. The van der Waals surface area contributed by atoms with E-state index in [1.807, 2.05) is 20.8 Å². The molecule has 1 aromatic rings. The van der Waals surface area contributed by atoms with E-state index >= 15 is 0 Å². The summed E-state index contributed by atoms with van der Waals surface area (Å²) < 4.78 is 0. The molecule has 0 spiro atoms. The molecule has 3 rings (SSSR count). The molecule has 1 aromatic carbocycles. The number of fused-ring (bicyclic) bond motifs is 1. The van der Waals surface area contributed by atoms with Gasteiger partial charge in [-0.3, -0.25) is 9.59 Å². The van der Waals surface area contributed by atoms with Crippen LogP contribution < -0.4 is 5.32 Å². The first-order valence-corrected chi connectivity index (χ1v) is 9.68. The van der Waals surface area contributed by atoms with E-state index in [-0.39, 0.29) is 12.3 Å². The molecule has 0 saturated heterocycles. The monoisotopic (exact) mass is 414 g/mol. The van der Waals surface area contributed by atoms with Crippen LogP contribution in [0.5, 0.6) is 0 Å². The van der Waals surface area contributed by atoms with E-state index in [1.165, 1.54) is 4.90 Å². The van der Waals surface area contributed by atoms with E-state index < -0.39 is 23.5 Å². The van der Waals surface area contributed by atoms with Crippen molar-refractivity contribution in [3.8, 4) is 0 Å². The van der Waals surface area contributed by atoms with Crippen molar-refractivity contribution in [2.75, 3.05) is 0 Å². The second kappa shape index (κ2) is 7.87. The van der Waals surface area contributed by atoms with Crippen molar-refractivity contribution >= 4 is 29.4 Å². The standard InChI is InChI=1S/C22H23ClN2O4/c1-22(2,3)24-19(26)14-6-7-15-12-25(20(27)17(15)11-14)18(21(28)29)10-13-4-8-16(23)9-5-13/h4-6,8-9,11-12,18H,7,10H2,1-3H3,(H,24,26)(H,28,29)/t18-/m1/s1. The van der Waals surface area contributed by atoms with Crippen LogP contribution in [0.3, 0.4) is 0 Å². The number of hydrogen-bond acceptors (Lipinski definition) is 3. The van der Waals surface area contributed by atoms with Crippen LogP contribution in [0.1, 0.15) is 32.8 Å². The number of nitrogens with zero attached hydrogens (tertiary/aromatic N) is 1. The summed E-state index contributed by atoms with van der Waals surface area (Å²) in [6.07, 6.45) is 5.42. The Kier molecular flexibility index (Phi) is 5.66. The third kappa shape index (κ3) is 4.77. The molecule has 0 bridgehead atoms. The lowest BCUT2D eigenvalue weighted by Crippen LogP contribution is -2.42. The average molecular weight is 415 g/mol. The van der Waals surface area contributed by atoms with Gasteiger partial charge in [0.05, 0.1) is 0 Å². The van der Waals surface area contributed by atoms with Crippen molar-refractivity contribution in [1.29, 1.82) is 0 Å². The highest BCUT2D eigenvalue weighted by atomic mass is 35.5. The molecule has 2 aliphatic rings. The minimum atomic E-state index is -1.09. The van der Waals surface area contributed by atoms with E-state index in [0.29, 0.717) is 28.2 Å². The van der Waals surface area contributed by atoms with Gasteiger partial charge in [-0.2, -0.15) is 0 Å². The first-order valence-electron chi connectivity index (χ1n) is 9.30. The van der Waals surface area contributed by atoms with Crippen LogP contribution in [-0.2, 0) is 20.8 Å². The zero-order valence-corrected chi connectivity index (χ0v) is 17.3. The Hall–Kier alpha value is -2.86. The van der Waals surface area contributed by atoms with Gasteiger partial charge >= 0.3 is 5.97 Å². The molecule has 0 unspecified atom stereocenters. The number of hydrogen-bond donors (Lipinski definition) is 2. The van der Waals surface area contributed by atoms with E-state index in [9.17, 15) is 19.5 Å². The predicted molar refractivity (Wildman–Crippen MR) is 110 cm³/mol. The van der Waals surface area contributed by atoms with E-state index in [1.54, 1.807) is 42.6 Å². The van der Waals surface area contributed by atoms with Crippen LogP contribution >= 0.6 is 11.6 Å². The Balaban J connectivity index is 1.81. The van der Waals surface area contributed by atoms with E-state index in [0.717, 1.165) is 5.56 Å². The number of carbonyl (C=O) groups is 3. The predicted octanol–water partition coefficient (Wildman–Crippen LogP) is 3.23. The third-order valence-corrected chi connectivity index (χ3v) is 4.91. The summed E-state index contributed by atoms with van der Waals surface area (Å²) in [6, 6.07) is 5.82. The lowest BCUT2D eigenvalue weighted by molar-refractivity contribution is -0.146. The van der Waals surface area contributed by atoms with Crippen LogP contribution in [0.2, 0.25) is 5.02 Å². The van der Waals surface area contributed by atoms with Gasteiger partial charge in [0, 0.05) is 34.3 Å². The number of benzene rings is 1. The molecule has 1 heterocycles. The van der Waals surface area contributed by atoms with Gasteiger partial charge in [0.1, 0.15) is 6.04 Å². The summed E-state index contributed by atoms with van der Waals surface area (Å²) in [7, 11) is 0. The number of aliphatic carboxylic acids is 1. The first kappa shape index (κ1) is 20.9. The largest absolute Gasteiger partial charge is 0.480 e. The summed E-state index contributed by atoms with van der Waals surface area (Å²) in [5.74, 6) is -1.76. The normalized spacial score (nSPS) is 17.2. The van der Waals surface area contributed by atoms with Crippen molar-refractivity contribution < 1.29 is 19.5 Å². The van der Waals surface area contributed by atoms with Crippen LogP contribution in [0.25, 0.3) is 0 Å². The fourth-order valence-corrected chi connectivity index (χ4v) is 3.40. The molecule has 2 N–H and O–H groups in total. The molecule has 1 atom stereocenters. The Morgan fingerprint density at radius 3 is 2.48 bits per heavy atom. The molecule has 0 saturated carbocycles. The quantitative estimate of drug-likeness (QED) is 0.774. The highest BCUT2D eigenvalue weighted by molar-refractivity contribution is 6.30. The van der Waals surface area contributed by atoms with Crippen molar-refractivity contribution in [2.45, 2.75) is 45.2 Å². The number of halogens is 1. The fourth-order valence-electron chi connectivity index (χ4n) is 3.27. The van der Waals surface area contributed by atoms with E-state index in [2.05, 4.69) is 5.32 Å². The Morgan fingerprint density at radius 1 is 1.24 bits per heavy atom. The molecule has 0 radical (unpaired) electrons. The van der Waals surface area contributed by atoms with Crippen LogP contribution in [0.15, 0.2) is 59.3 Å². The summed E-state index contributed by atoms with van der Waals surface area (Å²) >= 11 is 5.89. The minimum absolute atomic E-state index is 0.153. The van der Waals surface area contributed by atoms with Gasteiger partial charge < -0.3 is 15.3 Å². The molecule has 29 heavy (non-hydrogen) atoms. The second-order valence-corrected chi connectivity index (χ2v) is 8.61. The van der Waals surface area contributed by atoms with Gasteiger partial charge in [-0.15, -0.1) is 0 Å². The molecule has 6 nitrogen and oxygen atoms in total. The van der Waals surface area contributed by atoms with Crippen molar-refractivity contribution in [3.63, 3.8) is 0 Å². The lowest BCUT2D eigenvalue weighted by Gasteiger charge is -2.23. The van der Waals surface area contributed by atoms with Gasteiger partial charge in [-0.1, -0.05) is 29.8 Å². The highest BCUT2D eigenvalue weighted by Crippen LogP contribution is 2.33. The molecule has 152 valence electrons. The maximum Gasteiger partial charge on any atom is 0.327 e. The second-order valence-electron chi connectivity index (χ2n) is 8.18. The van der Waals surface area contributed by atoms with Gasteiger partial charge in [-0.05, 0) is 56.5 Å². The molecule has 7 heteroatoms. The number of allylic oxidation sites excluding steroid dienone is 1. The number of carboxylic acids is 1. The molecular formula is C22H23ClN2O4. The highest BCUT2D eigenvalue weighted by Gasteiger charge is 2.37. The van der Waals surface area contributed by atoms with Crippen molar-refractivity contribution in [1.82, 2.24) is 10.2 Å². The van der Waals surface area contributed by atoms with Gasteiger partial charge in [-0.25, -0.2) is 4.79 Å². The van der Waals surface area contributed by atoms with Crippen molar-refractivity contribution in [3.05, 3.63) is 69.9 Å². The summed E-state index contributed by atoms with van der Waals surface area (Å²) in [6.45, 7) is 5.64. The van der Waals surface area contributed by atoms with E-state index in [4.69, 9.17) is 11.6 Å². The summed E-state index contributed by atoms with van der Waals surface area (Å²) in [5, 5.41) is 13.2. The van der Waals surface area contributed by atoms with Gasteiger partial charge in [0.2, 0.25) is 0 Å². The smallest absolute Gasteiger partial charge is 0.327 e. The Labute approximate surface area is 174 Å². The minimum Gasteiger partial charge on any atom is -0.480 e.